The van der Waals surface area contributed by atoms with Crippen LogP contribution in [-0.4, -0.2) is 61.5 Å². The van der Waals surface area contributed by atoms with Crippen LogP contribution in [0.25, 0.3) is 0 Å². The van der Waals surface area contributed by atoms with Crippen molar-refractivity contribution in [3.8, 4) is 0 Å². The third kappa shape index (κ3) is 5.13. The molecule has 134 valence electrons. The molecule has 0 atom stereocenters. The molecule has 0 N–H and O–H groups in total. The molecule has 1 spiro atoms. The van der Waals surface area contributed by atoms with Crippen molar-refractivity contribution in [2.45, 2.75) is 45.3 Å². The van der Waals surface area contributed by atoms with Gasteiger partial charge in [0.25, 0.3) is 0 Å². The maximum absolute atomic E-state index is 10.6. The van der Waals surface area contributed by atoms with Crippen molar-refractivity contribution in [1.82, 2.24) is 9.80 Å². The fourth-order valence-electron chi connectivity index (χ4n) is 3.67. The zero-order valence-electron chi connectivity index (χ0n) is 15.5. The molecule has 4 heteroatoms. The van der Waals surface area contributed by atoms with E-state index in [2.05, 4.69) is 35.0 Å². The number of nitrogens with zero attached hydrogens (tertiary/aromatic N) is 2. The molecule has 2 aliphatic heterocycles. The molecule has 0 aromatic heterocycles. The zero-order chi connectivity index (χ0) is 17.4. The largest absolute Gasteiger partial charge is 0.372 e. The minimum Gasteiger partial charge on any atom is -0.372 e. The number of carbonyl (C=O) groups excluding carboxylic acids is 1. The molecule has 0 bridgehead atoms. The molecular formula is C20H32N2O2. The van der Waals surface area contributed by atoms with Crippen molar-refractivity contribution in [3.63, 3.8) is 0 Å². The molecule has 1 aromatic carbocycles. The van der Waals surface area contributed by atoms with Gasteiger partial charge in [0.1, 0.15) is 6.29 Å². The number of aldehydes is 1. The summed E-state index contributed by atoms with van der Waals surface area (Å²) in [6.45, 7) is 10.1. The van der Waals surface area contributed by atoms with Gasteiger partial charge in [-0.1, -0.05) is 38.1 Å². The zero-order valence-corrected chi connectivity index (χ0v) is 15.5. The summed E-state index contributed by atoms with van der Waals surface area (Å²) in [7, 11) is 2.19. The highest BCUT2D eigenvalue weighted by atomic mass is 16.5. The minimum absolute atomic E-state index is 0.0862. The van der Waals surface area contributed by atoms with Crippen LogP contribution in [0.15, 0.2) is 24.3 Å². The Bertz CT molecular complexity index is 510. The molecule has 1 aromatic rings. The van der Waals surface area contributed by atoms with Crippen LogP contribution in [0.5, 0.6) is 0 Å². The van der Waals surface area contributed by atoms with Gasteiger partial charge >= 0.3 is 0 Å². The van der Waals surface area contributed by atoms with Gasteiger partial charge in [-0.05, 0) is 31.0 Å². The summed E-state index contributed by atoms with van der Waals surface area (Å²) in [5.41, 5.74) is 2.50. The number of hydrogen-bond donors (Lipinski definition) is 0. The predicted octanol–water partition coefficient (Wildman–Crippen LogP) is 2.75. The molecular weight excluding hydrogens is 300 g/mol. The van der Waals surface area contributed by atoms with E-state index in [-0.39, 0.29) is 5.60 Å². The van der Waals surface area contributed by atoms with Crippen LogP contribution in [0.3, 0.4) is 0 Å². The van der Waals surface area contributed by atoms with Crippen molar-refractivity contribution in [2.24, 2.45) is 0 Å². The second-order valence-electron chi connectivity index (χ2n) is 6.74. The van der Waals surface area contributed by atoms with Gasteiger partial charge in [-0.25, -0.2) is 0 Å². The van der Waals surface area contributed by atoms with Gasteiger partial charge in [0, 0.05) is 39.1 Å². The second-order valence-corrected chi connectivity index (χ2v) is 6.74. The first kappa shape index (κ1) is 19.1. The molecule has 0 amide bonds. The summed E-state index contributed by atoms with van der Waals surface area (Å²) in [4.78, 5) is 15.5. The molecule has 0 aliphatic carbocycles. The molecule has 2 saturated heterocycles. The number of benzene rings is 1. The summed E-state index contributed by atoms with van der Waals surface area (Å²) >= 11 is 0. The first-order valence-corrected chi connectivity index (χ1v) is 9.25. The van der Waals surface area contributed by atoms with E-state index < -0.39 is 0 Å². The average Bonchev–Trinajstić information content (AvgIpc) is 2.60. The maximum Gasteiger partial charge on any atom is 0.124 e. The van der Waals surface area contributed by atoms with Gasteiger partial charge in [-0.15, -0.1) is 0 Å². The number of morpholine rings is 1. The van der Waals surface area contributed by atoms with E-state index in [0.29, 0.717) is 6.42 Å². The van der Waals surface area contributed by atoms with Crippen LogP contribution in [0.4, 0.5) is 0 Å². The first-order valence-electron chi connectivity index (χ1n) is 9.25. The normalized spacial score (nSPS) is 21.1. The highest BCUT2D eigenvalue weighted by Gasteiger charge is 2.38. The van der Waals surface area contributed by atoms with Crippen molar-refractivity contribution in [2.75, 3.05) is 39.8 Å². The number of hydrogen-bond acceptors (Lipinski definition) is 4. The number of likely N-dealkylation sites (tertiary alicyclic amines) is 1. The minimum atomic E-state index is 0.0862. The second kappa shape index (κ2) is 9.30. The number of ether oxygens (including phenoxy) is 1. The summed E-state index contributed by atoms with van der Waals surface area (Å²) < 4.78 is 6.12. The molecule has 4 nitrogen and oxygen atoms in total. The maximum atomic E-state index is 10.6. The smallest absolute Gasteiger partial charge is 0.124 e. The first-order chi connectivity index (χ1) is 11.7. The Kier molecular flexibility index (Phi) is 7.40. The lowest BCUT2D eigenvalue weighted by Gasteiger charge is -2.46. The van der Waals surface area contributed by atoms with E-state index in [9.17, 15) is 4.79 Å². The number of likely N-dealkylation sites (N-methyl/N-ethyl adjacent to an activating group) is 1. The lowest BCUT2D eigenvalue weighted by atomic mass is 9.89. The highest BCUT2D eigenvalue weighted by Crippen LogP contribution is 2.30. The van der Waals surface area contributed by atoms with Crippen LogP contribution in [0.1, 0.15) is 37.8 Å². The number of piperidine rings is 1. The van der Waals surface area contributed by atoms with Crippen molar-refractivity contribution in [1.29, 1.82) is 0 Å². The van der Waals surface area contributed by atoms with Crippen molar-refractivity contribution in [3.05, 3.63) is 35.4 Å². The summed E-state index contributed by atoms with van der Waals surface area (Å²) in [6, 6.07) is 8.39. The Labute approximate surface area is 146 Å². The van der Waals surface area contributed by atoms with Gasteiger partial charge in [-0.3, -0.25) is 4.90 Å². The molecule has 0 radical (unpaired) electrons. The van der Waals surface area contributed by atoms with Crippen LogP contribution >= 0.6 is 0 Å². The van der Waals surface area contributed by atoms with Gasteiger partial charge < -0.3 is 14.4 Å². The monoisotopic (exact) mass is 332 g/mol. The number of rotatable bonds is 4. The van der Waals surface area contributed by atoms with E-state index in [1.165, 1.54) is 5.56 Å². The Morgan fingerprint density at radius 3 is 2.54 bits per heavy atom. The molecule has 3 rings (SSSR count). The van der Waals surface area contributed by atoms with E-state index >= 15 is 0 Å². The van der Waals surface area contributed by atoms with Crippen molar-refractivity contribution >= 4 is 6.29 Å². The molecule has 24 heavy (non-hydrogen) atoms. The van der Waals surface area contributed by atoms with Crippen LogP contribution in [0.2, 0.25) is 0 Å². The number of carbonyl (C=O) groups is 1. The topological polar surface area (TPSA) is 32.8 Å². The van der Waals surface area contributed by atoms with E-state index in [4.69, 9.17) is 4.74 Å². The fourth-order valence-corrected chi connectivity index (χ4v) is 3.67. The average molecular weight is 332 g/mol. The van der Waals surface area contributed by atoms with Gasteiger partial charge in [0.2, 0.25) is 0 Å². The Morgan fingerprint density at radius 1 is 1.17 bits per heavy atom. The molecule has 0 saturated carbocycles. The van der Waals surface area contributed by atoms with Crippen LogP contribution in [0, 0.1) is 0 Å². The third-order valence-electron chi connectivity index (χ3n) is 4.92. The predicted molar refractivity (Wildman–Crippen MR) is 98.2 cm³/mol. The van der Waals surface area contributed by atoms with Gasteiger partial charge in [0.05, 0.1) is 12.2 Å². The Morgan fingerprint density at radius 2 is 1.88 bits per heavy atom. The Balaban J connectivity index is 0.00000100. The molecule has 0 unspecified atom stereocenters. The fraction of sp³-hybridized carbons (Fsp3) is 0.650. The third-order valence-corrected chi connectivity index (χ3v) is 4.92. The summed E-state index contributed by atoms with van der Waals surface area (Å²) in [5.74, 6) is 0. The lowest BCUT2D eigenvalue weighted by Crippen LogP contribution is -2.55. The standard InChI is InChI=1S/C18H26N2O2.C2H6/c1-19-10-12-22-18(15-19)6-8-20(9-7-18)14-17-4-2-3-16(13-17)5-11-21;1-2/h2-4,11,13H,5-10,12,14-15H2,1H3;1-2H3. The van der Waals surface area contributed by atoms with E-state index in [0.717, 1.165) is 64.0 Å². The SMILES string of the molecule is CC.CN1CCOC2(CCN(Cc3cccc(CC=O)c3)CC2)C1. The van der Waals surface area contributed by atoms with Crippen molar-refractivity contribution < 1.29 is 9.53 Å². The van der Waals surface area contributed by atoms with Crippen LogP contribution < -0.4 is 0 Å². The van der Waals surface area contributed by atoms with E-state index in [1.807, 2.05) is 19.9 Å². The molecule has 2 fully saturated rings. The van der Waals surface area contributed by atoms with E-state index in [1.54, 1.807) is 0 Å². The Hall–Kier alpha value is -1.23. The summed E-state index contributed by atoms with van der Waals surface area (Å²) in [6.07, 6.45) is 3.72. The summed E-state index contributed by atoms with van der Waals surface area (Å²) in [5, 5.41) is 0. The molecule has 2 aliphatic rings. The van der Waals surface area contributed by atoms with Gasteiger partial charge in [0.15, 0.2) is 0 Å². The lowest BCUT2D eigenvalue weighted by molar-refractivity contribution is -0.131. The quantitative estimate of drug-likeness (QED) is 0.794. The highest BCUT2D eigenvalue weighted by molar-refractivity contribution is 5.55. The molecule has 2 heterocycles. The van der Waals surface area contributed by atoms with Crippen LogP contribution in [-0.2, 0) is 22.5 Å². The van der Waals surface area contributed by atoms with Gasteiger partial charge in [-0.2, -0.15) is 0 Å².